The molecule has 3 N–H and O–H groups in total. The van der Waals surface area contributed by atoms with Gasteiger partial charge < -0.3 is 0 Å². The lowest BCUT2D eigenvalue weighted by Crippen LogP contribution is -2.57. The largest absolute Gasteiger partial charge is 0.244 e. The van der Waals surface area contributed by atoms with Gasteiger partial charge >= 0.3 is 0 Å². The van der Waals surface area contributed by atoms with Crippen molar-refractivity contribution in [3.05, 3.63) is 0 Å². The zero-order valence-electron chi connectivity index (χ0n) is 5.41. The molecule has 0 radical (unpaired) electrons. The SMILES string of the molecule is CC1(C)CNNNC1. The highest BCUT2D eigenvalue weighted by Gasteiger charge is 2.19. The van der Waals surface area contributed by atoms with E-state index in [0.717, 1.165) is 13.1 Å². The molecule has 0 atom stereocenters. The second-order valence-electron chi connectivity index (χ2n) is 3.00. The van der Waals surface area contributed by atoms with Crippen LogP contribution in [-0.4, -0.2) is 13.1 Å². The van der Waals surface area contributed by atoms with Gasteiger partial charge in [-0.15, -0.1) is 0 Å². The van der Waals surface area contributed by atoms with Crippen LogP contribution in [0, 0.1) is 5.41 Å². The van der Waals surface area contributed by atoms with Crippen molar-refractivity contribution in [1.29, 1.82) is 0 Å². The van der Waals surface area contributed by atoms with Crippen molar-refractivity contribution in [2.24, 2.45) is 5.41 Å². The first-order chi connectivity index (χ1) is 3.71. The Morgan fingerprint density at radius 1 is 1.12 bits per heavy atom. The molecule has 0 unspecified atom stereocenters. The highest BCUT2D eigenvalue weighted by molar-refractivity contribution is 4.74. The van der Waals surface area contributed by atoms with Crippen LogP contribution in [0.1, 0.15) is 13.8 Å². The Bertz CT molecular complexity index is 71.7. The van der Waals surface area contributed by atoms with Gasteiger partial charge in [-0.2, -0.15) is 5.53 Å². The van der Waals surface area contributed by atoms with E-state index in [1.807, 2.05) is 0 Å². The smallest absolute Gasteiger partial charge is 0.0177 e. The zero-order valence-corrected chi connectivity index (χ0v) is 5.41. The van der Waals surface area contributed by atoms with Crippen LogP contribution in [0.4, 0.5) is 0 Å². The van der Waals surface area contributed by atoms with Crippen LogP contribution in [0.5, 0.6) is 0 Å². The van der Waals surface area contributed by atoms with Crippen molar-refractivity contribution >= 4 is 0 Å². The second kappa shape index (κ2) is 2.01. The van der Waals surface area contributed by atoms with Gasteiger partial charge in [0.25, 0.3) is 0 Å². The van der Waals surface area contributed by atoms with Gasteiger partial charge in [-0.05, 0) is 5.41 Å². The highest BCUT2D eigenvalue weighted by Crippen LogP contribution is 2.11. The van der Waals surface area contributed by atoms with Gasteiger partial charge in [-0.1, -0.05) is 13.8 Å². The van der Waals surface area contributed by atoms with Gasteiger partial charge in [0, 0.05) is 13.1 Å². The predicted octanol–water partition coefficient (Wildman–Crippen LogP) is -0.375. The van der Waals surface area contributed by atoms with E-state index in [4.69, 9.17) is 0 Å². The number of hydrazine groups is 2. The summed E-state index contributed by atoms with van der Waals surface area (Å²) in [6.07, 6.45) is 0. The van der Waals surface area contributed by atoms with Crippen LogP contribution in [-0.2, 0) is 0 Å². The molecule has 1 saturated heterocycles. The summed E-state index contributed by atoms with van der Waals surface area (Å²) in [6.45, 7) is 6.49. The average molecular weight is 115 g/mol. The lowest BCUT2D eigenvalue weighted by atomic mass is 9.94. The molecular formula is C5H13N3. The summed E-state index contributed by atoms with van der Waals surface area (Å²) in [5, 5.41) is 0. The summed E-state index contributed by atoms with van der Waals surface area (Å²) in [7, 11) is 0. The minimum absolute atomic E-state index is 0.394. The summed E-state index contributed by atoms with van der Waals surface area (Å²) in [5.74, 6) is 0. The number of rotatable bonds is 0. The third-order valence-electron chi connectivity index (χ3n) is 1.31. The minimum atomic E-state index is 0.394. The normalized spacial score (nSPS) is 27.8. The maximum absolute atomic E-state index is 3.01. The molecule has 0 aromatic rings. The second-order valence-corrected chi connectivity index (χ2v) is 3.00. The molecule has 1 heterocycles. The molecule has 1 aliphatic heterocycles. The van der Waals surface area contributed by atoms with Gasteiger partial charge in [0.05, 0.1) is 0 Å². The molecule has 8 heavy (non-hydrogen) atoms. The van der Waals surface area contributed by atoms with Crippen molar-refractivity contribution in [2.75, 3.05) is 13.1 Å². The quantitative estimate of drug-likeness (QED) is 0.403. The minimum Gasteiger partial charge on any atom is -0.244 e. The van der Waals surface area contributed by atoms with E-state index in [2.05, 4.69) is 30.2 Å². The van der Waals surface area contributed by atoms with Gasteiger partial charge in [0.1, 0.15) is 0 Å². The van der Waals surface area contributed by atoms with E-state index in [9.17, 15) is 0 Å². The summed E-state index contributed by atoms with van der Waals surface area (Å²) in [6, 6.07) is 0. The molecule has 3 nitrogen and oxygen atoms in total. The summed E-state index contributed by atoms with van der Waals surface area (Å²) in [5.41, 5.74) is 9.26. The van der Waals surface area contributed by atoms with Crippen LogP contribution in [0.3, 0.4) is 0 Å². The molecule has 0 bridgehead atoms. The predicted molar refractivity (Wildman–Crippen MR) is 32.9 cm³/mol. The fourth-order valence-corrected chi connectivity index (χ4v) is 0.692. The van der Waals surface area contributed by atoms with Gasteiger partial charge in [-0.25, -0.2) is 10.9 Å². The number of hydrogen-bond donors (Lipinski definition) is 3. The van der Waals surface area contributed by atoms with E-state index in [-0.39, 0.29) is 0 Å². The number of hydrogen-bond acceptors (Lipinski definition) is 3. The van der Waals surface area contributed by atoms with Crippen molar-refractivity contribution < 1.29 is 0 Å². The topological polar surface area (TPSA) is 36.1 Å². The Kier molecular flexibility index (Phi) is 1.51. The average Bonchev–Trinajstić information content (AvgIpc) is 1.65. The summed E-state index contributed by atoms with van der Waals surface area (Å²) >= 11 is 0. The van der Waals surface area contributed by atoms with Crippen molar-refractivity contribution in [1.82, 2.24) is 16.4 Å². The molecule has 0 aliphatic carbocycles. The fraction of sp³-hybridized carbons (Fsp3) is 1.00. The van der Waals surface area contributed by atoms with Crippen LogP contribution in [0.15, 0.2) is 0 Å². The first kappa shape index (κ1) is 6.01. The Morgan fingerprint density at radius 3 is 1.88 bits per heavy atom. The molecular weight excluding hydrogens is 102 g/mol. The first-order valence-electron chi connectivity index (χ1n) is 2.91. The third kappa shape index (κ3) is 1.43. The first-order valence-corrected chi connectivity index (χ1v) is 2.91. The molecule has 0 aromatic heterocycles. The number of nitrogens with one attached hydrogen (secondary N) is 3. The van der Waals surface area contributed by atoms with E-state index in [0.29, 0.717) is 5.41 Å². The van der Waals surface area contributed by atoms with Crippen molar-refractivity contribution in [3.8, 4) is 0 Å². The molecule has 48 valence electrons. The Labute approximate surface area is 49.8 Å². The van der Waals surface area contributed by atoms with Crippen molar-refractivity contribution in [2.45, 2.75) is 13.8 Å². The van der Waals surface area contributed by atoms with Gasteiger partial charge in [-0.3, -0.25) is 0 Å². The van der Waals surface area contributed by atoms with Crippen molar-refractivity contribution in [3.63, 3.8) is 0 Å². The maximum Gasteiger partial charge on any atom is 0.0177 e. The third-order valence-corrected chi connectivity index (χ3v) is 1.31. The molecule has 0 aromatic carbocycles. The van der Waals surface area contributed by atoms with Crippen LogP contribution in [0.25, 0.3) is 0 Å². The molecule has 3 heteroatoms. The molecule has 1 fully saturated rings. The van der Waals surface area contributed by atoms with Crippen LogP contribution in [0.2, 0.25) is 0 Å². The fourth-order valence-electron chi connectivity index (χ4n) is 0.692. The lowest BCUT2D eigenvalue weighted by Gasteiger charge is -2.30. The Balaban J connectivity index is 2.33. The Morgan fingerprint density at radius 2 is 1.62 bits per heavy atom. The van der Waals surface area contributed by atoms with Gasteiger partial charge in [0.15, 0.2) is 0 Å². The van der Waals surface area contributed by atoms with E-state index in [1.54, 1.807) is 0 Å². The molecule has 0 amide bonds. The maximum atomic E-state index is 3.01. The lowest BCUT2D eigenvalue weighted by molar-refractivity contribution is 0.212. The molecule has 0 saturated carbocycles. The standard InChI is InChI=1S/C5H13N3/c1-5(2)3-6-8-7-4-5/h6-8H,3-4H2,1-2H3. The monoisotopic (exact) mass is 115 g/mol. The van der Waals surface area contributed by atoms with E-state index < -0.39 is 0 Å². The molecule has 1 rings (SSSR count). The zero-order chi connectivity index (χ0) is 6.04. The summed E-state index contributed by atoms with van der Waals surface area (Å²) < 4.78 is 0. The van der Waals surface area contributed by atoms with Gasteiger partial charge in [0.2, 0.25) is 0 Å². The van der Waals surface area contributed by atoms with Crippen LogP contribution < -0.4 is 16.4 Å². The molecule has 1 aliphatic rings. The molecule has 0 spiro atoms. The van der Waals surface area contributed by atoms with E-state index in [1.165, 1.54) is 0 Å². The van der Waals surface area contributed by atoms with Crippen LogP contribution >= 0.6 is 0 Å². The van der Waals surface area contributed by atoms with E-state index >= 15 is 0 Å². The summed E-state index contributed by atoms with van der Waals surface area (Å²) in [4.78, 5) is 0. The Hall–Kier alpha value is -0.120. The highest BCUT2D eigenvalue weighted by atomic mass is 15.6.